The van der Waals surface area contributed by atoms with Crippen LogP contribution in [0.1, 0.15) is 21.7 Å². The molecule has 0 bridgehead atoms. The van der Waals surface area contributed by atoms with Crippen molar-refractivity contribution in [3.8, 4) is 17.0 Å². The number of hydrogen-bond acceptors (Lipinski definition) is 4. The van der Waals surface area contributed by atoms with E-state index in [1.165, 1.54) is 4.57 Å². The van der Waals surface area contributed by atoms with Gasteiger partial charge < -0.3 is 14.6 Å². The molecular weight excluding hydrogens is 310 g/mol. The van der Waals surface area contributed by atoms with Crippen LogP contribution in [0.3, 0.4) is 0 Å². The Morgan fingerprint density at radius 3 is 2.42 bits per heavy atom. The predicted molar refractivity (Wildman–Crippen MR) is 87.4 cm³/mol. The molecule has 122 valence electrons. The van der Waals surface area contributed by atoms with Crippen molar-refractivity contribution in [1.82, 2.24) is 4.57 Å². The summed E-state index contributed by atoms with van der Waals surface area (Å²) >= 11 is 0. The Morgan fingerprint density at radius 2 is 1.83 bits per heavy atom. The summed E-state index contributed by atoms with van der Waals surface area (Å²) < 4.78 is 6.75. The lowest BCUT2D eigenvalue weighted by Gasteiger charge is -2.09. The lowest BCUT2D eigenvalue weighted by atomic mass is 10.1. The van der Waals surface area contributed by atoms with Crippen molar-refractivity contribution < 1.29 is 19.4 Å². The number of aliphatic hydroxyl groups is 1. The van der Waals surface area contributed by atoms with Crippen molar-refractivity contribution in [2.75, 3.05) is 0 Å². The molecule has 2 N–H and O–H groups in total. The number of nitrogens with zero attached hydrogens (tertiary/aromatic N) is 1. The van der Waals surface area contributed by atoms with Crippen molar-refractivity contribution in [2.24, 2.45) is 0 Å². The second kappa shape index (κ2) is 6.17. The fraction of sp³-hybridized carbons (Fsp3) is 0.111. The molecule has 24 heavy (non-hydrogen) atoms. The topological polar surface area (TPSA) is 92.7 Å². The van der Waals surface area contributed by atoms with Crippen LogP contribution in [0.5, 0.6) is 0 Å². The van der Waals surface area contributed by atoms with Gasteiger partial charge >= 0.3 is 5.97 Å². The van der Waals surface area contributed by atoms with Gasteiger partial charge in [-0.25, -0.2) is 4.79 Å². The third-order valence-electron chi connectivity index (χ3n) is 3.76. The minimum atomic E-state index is -1.24. The molecule has 0 spiro atoms. The first-order valence-corrected chi connectivity index (χ1v) is 7.27. The number of hydrogen-bond donors (Lipinski definition) is 2. The maximum atomic E-state index is 12.4. The van der Waals surface area contributed by atoms with E-state index in [1.807, 2.05) is 0 Å². The van der Waals surface area contributed by atoms with Crippen molar-refractivity contribution in [1.29, 1.82) is 0 Å². The van der Waals surface area contributed by atoms with Gasteiger partial charge in [0.2, 0.25) is 0 Å². The van der Waals surface area contributed by atoms with Gasteiger partial charge in [0.15, 0.2) is 0 Å². The number of aromatic nitrogens is 1. The number of pyridine rings is 1. The van der Waals surface area contributed by atoms with E-state index in [0.29, 0.717) is 22.8 Å². The van der Waals surface area contributed by atoms with Gasteiger partial charge in [-0.3, -0.25) is 9.36 Å². The van der Waals surface area contributed by atoms with Crippen molar-refractivity contribution in [3.63, 3.8) is 0 Å². The van der Waals surface area contributed by atoms with E-state index in [0.717, 1.165) is 5.56 Å². The average Bonchev–Trinajstić information content (AvgIpc) is 3.04. The van der Waals surface area contributed by atoms with Crippen LogP contribution in [0.25, 0.3) is 17.0 Å². The summed E-state index contributed by atoms with van der Waals surface area (Å²) in [6.45, 7) is 1.42. The molecule has 6 heteroatoms. The van der Waals surface area contributed by atoms with E-state index < -0.39 is 11.5 Å². The number of aromatic carboxylic acids is 1. The molecule has 0 atom stereocenters. The maximum Gasteiger partial charge on any atom is 0.341 e. The Balaban J connectivity index is 2.01. The van der Waals surface area contributed by atoms with Gasteiger partial charge in [-0.2, -0.15) is 0 Å². The number of furan rings is 1. The first kappa shape index (κ1) is 15.8. The zero-order valence-corrected chi connectivity index (χ0v) is 12.9. The first-order chi connectivity index (χ1) is 11.5. The van der Waals surface area contributed by atoms with E-state index >= 15 is 0 Å². The Morgan fingerprint density at radius 1 is 1.12 bits per heavy atom. The fourth-order valence-corrected chi connectivity index (χ4v) is 2.49. The standard InChI is InChI=1S/C18H15NO5/c1-11-8-9-19(17(21)16(11)18(22)23)13-4-2-12(3-5-13)15-7-6-14(10-20)24-15/h2-9,20H,10H2,1H3,(H,22,23). The monoisotopic (exact) mass is 325 g/mol. The minimum absolute atomic E-state index is 0.172. The second-order valence-corrected chi connectivity index (χ2v) is 5.33. The molecule has 0 amide bonds. The van der Waals surface area contributed by atoms with Crippen LogP contribution >= 0.6 is 0 Å². The van der Waals surface area contributed by atoms with Crippen LogP contribution in [0, 0.1) is 6.92 Å². The quantitative estimate of drug-likeness (QED) is 0.769. The van der Waals surface area contributed by atoms with Crippen LogP contribution in [-0.4, -0.2) is 20.7 Å². The summed E-state index contributed by atoms with van der Waals surface area (Å²) in [6.07, 6.45) is 1.55. The van der Waals surface area contributed by atoms with Gasteiger partial charge in [-0.15, -0.1) is 0 Å². The molecule has 0 fully saturated rings. The molecule has 3 aromatic rings. The van der Waals surface area contributed by atoms with E-state index in [9.17, 15) is 14.7 Å². The number of aryl methyl sites for hydroxylation is 1. The summed E-state index contributed by atoms with van der Waals surface area (Å²) in [4.78, 5) is 23.6. The molecule has 0 radical (unpaired) electrons. The molecule has 0 aliphatic heterocycles. The third kappa shape index (κ3) is 2.75. The Bertz CT molecular complexity index is 950. The molecule has 0 aliphatic rings. The van der Waals surface area contributed by atoms with E-state index in [2.05, 4.69) is 0 Å². The largest absolute Gasteiger partial charge is 0.477 e. The van der Waals surface area contributed by atoms with Gasteiger partial charge in [0.1, 0.15) is 23.7 Å². The summed E-state index contributed by atoms with van der Waals surface area (Å²) in [5.41, 5.74) is 0.959. The van der Waals surface area contributed by atoms with E-state index in [4.69, 9.17) is 9.52 Å². The second-order valence-electron chi connectivity index (χ2n) is 5.33. The molecular formula is C18H15NO5. The number of benzene rings is 1. The molecule has 0 unspecified atom stereocenters. The molecule has 0 saturated heterocycles. The summed E-state index contributed by atoms with van der Waals surface area (Å²) in [5.74, 6) is -0.168. The molecule has 2 heterocycles. The average molecular weight is 325 g/mol. The van der Waals surface area contributed by atoms with Gasteiger partial charge in [0.25, 0.3) is 5.56 Å². The van der Waals surface area contributed by atoms with Crippen molar-refractivity contribution >= 4 is 5.97 Å². The summed E-state index contributed by atoms with van der Waals surface area (Å²) in [7, 11) is 0. The molecule has 1 aromatic carbocycles. The van der Waals surface area contributed by atoms with Crippen LogP contribution in [-0.2, 0) is 6.61 Å². The van der Waals surface area contributed by atoms with Gasteiger partial charge in [0, 0.05) is 17.4 Å². The van der Waals surface area contributed by atoms with Crippen molar-refractivity contribution in [3.05, 3.63) is 75.9 Å². The maximum absolute atomic E-state index is 12.4. The normalized spacial score (nSPS) is 10.8. The first-order valence-electron chi connectivity index (χ1n) is 7.27. The van der Waals surface area contributed by atoms with Gasteiger partial charge in [0.05, 0.1) is 0 Å². The molecule has 3 rings (SSSR count). The van der Waals surface area contributed by atoms with Gasteiger partial charge in [-0.1, -0.05) is 0 Å². The minimum Gasteiger partial charge on any atom is -0.477 e. The zero-order valence-electron chi connectivity index (χ0n) is 12.9. The van der Waals surface area contributed by atoms with Crippen LogP contribution in [0.2, 0.25) is 0 Å². The van der Waals surface area contributed by atoms with Gasteiger partial charge in [-0.05, 0) is 55.0 Å². The molecule has 2 aromatic heterocycles. The number of carboxylic acid groups (broad SMARTS) is 1. The third-order valence-corrected chi connectivity index (χ3v) is 3.76. The number of carbonyl (C=O) groups is 1. The molecule has 0 saturated carbocycles. The molecule has 6 nitrogen and oxygen atoms in total. The number of aliphatic hydroxyl groups excluding tert-OH is 1. The smallest absolute Gasteiger partial charge is 0.341 e. The highest BCUT2D eigenvalue weighted by Gasteiger charge is 2.15. The lowest BCUT2D eigenvalue weighted by molar-refractivity contribution is 0.0693. The Kier molecular flexibility index (Phi) is 4.05. The zero-order chi connectivity index (χ0) is 17.3. The predicted octanol–water partition coefficient (Wildman–Crippen LogP) is 2.60. The lowest BCUT2D eigenvalue weighted by Crippen LogP contribution is -2.25. The Labute approximate surface area is 137 Å². The number of rotatable bonds is 4. The highest BCUT2D eigenvalue weighted by molar-refractivity contribution is 5.88. The van der Waals surface area contributed by atoms with Crippen LogP contribution in [0.15, 0.2) is 57.9 Å². The highest BCUT2D eigenvalue weighted by Crippen LogP contribution is 2.23. The fourth-order valence-electron chi connectivity index (χ4n) is 2.49. The SMILES string of the molecule is Cc1ccn(-c2ccc(-c3ccc(CO)o3)cc2)c(=O)c1C(=O)O. The molecule has 0 aliphatic carbocycles. The number of carboxylic acids is 1. The van der Waals surface area contributed by atoms with Crippen LogP contribution in [0.4, 0.5) is 0 Å². The van der Waals surface area contributed by atoms with E-state index in [-0.39, 0.29) is 12.2 Å². The van der Waals surface area contributed by atoms with Crippen molar-refractivity contribution in [2.45, 2.75) is 13.5 Å². The highest BCUT2D eigenvalue weighted by atomic mass is 16.4. The Hall–Kier alpha value is -3.12. The summed E-state index contributed by atoms with van der Waals surface area (Å²) in [6, 6.07) is 12.0. The van der Waals surface area contributed by atoms with E-state index in [1.54, 1.807) is 55.6 Å². The van der Waals surface area contributed by atoms with Crippen LogP contribution < -0.4 is 5.56 Å². The summed E-state index contributed by atoms with van der Waals surface area (Å²) in [5, 5.41) is 18.2.